The first kappa shape index (κ1) is 14.7. The fraction of sp³-hybridized carbons (Fsp3) is 0.0526. The second-order valence-corrected chi connectivity index (χ2v) is 5.21. The molecule has 0 aliphatic carbocycles. The molecule has 0 saturated carbocycles. The second-order valence-electron chi connectivity index (χ2n) is 5.21. The highest BCUT2D eigenvalue weighted by Gasteiger charge is 2.11. The largest absolute Gasteiger partial charge is 0.322 e. The normalized spacial score (nSPS) is 10.7. The molecule has 2 aromatic heterocycles. The molecule has 0 bridgehead atoms. The van der Waals surface area contributed by atoms with Crippen LogP contribution < -0.4 is 0 Å². The van der Waals surface area contributed by atoms with Crippen LogP contribution in [-0.4, -0.2) is 8.97 Å². The lowest BCUT2D eigenvalue weighted by Gasteiger charge is -2.01. The van der Waals surface area contributed by atoms with Crippen molar-refractivity contribution in [3.63, 3.8) is 0 Å². The SMILES string of the molecule is Br.C=CCn1c2ccccc2n2cc(-c3ccccc3)cc12. The fourth-order valence-electron chi connectivity index (χ4n) is 2.98. The number of nitrogens with zero attached hydrogens (tertiary/aromatic N) is 2. The standard InChI is InChI=1S/C19H16N2.BrH/c1-2-12-20-17-10-6-7-11-18(17)21-14-16(13-19(20)21)15-8-4-3-5-9-15;/h2-11,13-14H,1,12H2;1H. The van der Waals surface area contributed by atoms with Gasteiger partial charge in [-0.25, -0.2) is 0 Å². The van der Waals surface area contributed by atoms with Gasteiger partial charge < -0.3 is 8.97 Å². The zero-order chi connectivity index (χ0) is 14.2. The van der Waals surface area contributed by atoms with Crippen LogP contribution in [-0.2, 0) is 6.54 Å². The van der Waals surface area contributed by atoms with Gasteiger partial charge in [-0.05, 0) is 23.8 Å². The van der Waals surface area contributed by atoms with Crippen LogP contribution in [0.25, 0.3) is 27.8 Å². The van der Waals surface area contributed by atoms with Crippen molar-refractivity contribution in [2.75, 3.05) is 0 Å². The molecule has 2 aromatic carbocycles. The molecular formula is C19H17BrN2. The Labute approximate surface area is 140 Å². The van der Waals surface area contributed by atoms with Crippen LogP contribution in [0, 0.1) is 0 Å². The van der Waals surface area contributed by atoms with E-state index in [1.807, 2.05) is 12.1 Å². The summed E-state index contributed by atoms with van der Waals surface area (Å²) in [6.07, 6.45) is 4.16. The Morgan fingerprint density at radius 1 is 0.864 bits per heavy atom. The molecule has 2 heterocycles. The molecule has 0 aliphatic rings. The van der Waals surface area contributed by atoms with E-state index in [4.69, 9.17) is 0 Å². The number of imidazole rings is 1. The maximum atomic E-state index is 3.88. The first-order chi connectivity index (χ1) is 10.4. The summed E-state index contributed by atoms with van der Waals surface area (Å²) in [5.74, 6) is 0. The molecule has 3 heteroatoms. The summed E-state index contributed by atoms with van der Waals surface area (Å²) in [5, 5.41) is 0. The predicted molar refractivity (Wildman–Crippen MR) is 98.8 cm³/mol. The van der Waals surface area contributed by atoms with Crippen LogP contribution in [0.3, 0.4) is 0 Å². The van der Waals surface area contributed by atoms with Crippen molar-refractivity contribution in [2.24, 2.45) is 0 Å². The van der Waals surface area contributed by atoms with Crippen LogP contribution in [0.1, 0.15) is 0 Å². The molecule has 0 fully saturated rings. The quantitative estimate of drug-likeness (QED) is 0.441. The molecule has 0 N–H and O–H groups in total. The van der Waals surface area contributed by atoms with E-state index in [2.05, 4.69) is 76.3 Å². The molecule has 0 amide bonds. The number of fused-ring (bicyclic) bond motifs is 3. The van der Waals surface area contributed by atoms with E-state index in [1.54, 1.807) is 0 Å². The molecule has 0 atom stereocenters. The number of benzene rings is 2. The van der Waals surface area contributed by atoms with E-state index in [0.29, 0.717) is 0 Å². The lowest BCUT2D eigenvalue weighted by molar-refractivity contribution is 0.889. The van der Waals surface area contributed by atoms with E-state index in [0.717, 1.165) is 6.54 Å². The van der Waals surface area contributed by atoms with Crippen molar-refractivity contribution in [1.82, 2.24) is 8.97 Å². The average Bonchev–Trinajstić information content (AvgIpc) is 3.08. The number of rotatable bonds is 3. The van der Waals surface area contributed by atoms with Crippen LogP contribution in [0.5, 0.6) is 0 Å². The second kappa shape index (κ2) is 5.85. The number of para-hydroxylation sites is 2. The maximum Gasteiger partial charge on any atom is 0.118 e. The van der Waals surface area contributed by atoms with Crippen molar-refractivity contribution in [3.8, 4) is 11.1 Å². The van der Waals surface area contributed by atoms with Crippen molar-refractivity contribution < 1.29 is 0 Å². The zero-order valence-electron chi connectivity index (χ0n) is 12.1. The van der Waals surface area contributed by atoms with Crippen LogP contribution in [0.15, 0.2) is 79.5 Å². The van der Waals surface area contributed by atoms with Gasteiger partial charge >= 0.3 is 0 Å². The van der Waals surface area contributed by atoms with Gasteiger partial charge in [0.25, 0.3) is 0 Å². The van der Waals surface area contributed by atoms with E-state index in [9.17, 15) is 0 Å². The summed E-state index contributed by atoms with van der Waals surface area (Å²) in [7, 11) is 0. The van der Waals surface area contributed by atoms with Gasteiger partial charge in [-0.2, -0.15) is 0 Å². The molecule has 110 valence electrons. The van der Waals surface area contributed by atoms with Gasteiger partial charge in [0.15, 0.2) is 0 Å². The third kappa shape index (κ3) is 2.18. The van der Waals surface area contributed by atoms with Gasteiger partial charge in [0.1, 0.15) is 5.65 Å². The van der Waals surface area contributed by atoms with E-state index < -0.39 is 0 Å². The summed E-state index contributed by atoms with van der Waals surface area (Å²) in [4.78, 5) is 0. The minimum atomic E-state index is 0. The smallest absolute Gasteiger partial charge is 0.118 e. The Balaban J connectivity index is 0.00000144. The highest BCUT2D eigenvalue weighted by Crippen LogP contribution is 2.28. The average molecular weight is 353 g/mol. The summed E-state index contributed by atoms with van der Waals surface area (Å²) in [6.45, 7) is 4.70. The molecule has 22 heavy (non-hydrogen) atoms. The molecular weight excluding hydrogens is 336 g/mol. The molecule has 0 saturated heterocycles. The minimum absolute atomic E-state index is 0. The Kier molecular flexibility index (Phi) is 3.90. The highest BCUT2D eigenvalue weighted by molar-refractivity contribution is 8.93. The van der Waals surface area contributed by atoms with Gasteiger partial charge in [-0.1, -0.05) is 48.5 Å². The Hall–Kier alpha value is -2.26. The molecule has 0 radical (unpaired) electrons. The zero-order valence-corrected chi connectivity index (χ0v) is 13.9. The van der Waals surface area contributed by atoms with Crippen molar-refractivity contribution in [1.29, 1.82) is 0 Å². The van der Waals surface area contributed by atoms with Crippen LogP contribution in [0.2, 0.25) is 0 Å². The molecule has 4 aromatic rings. The minimum Gasteiger partial charge on any atom is -0.322 e. The number of aromatic nitrogens is 2. The van der Waals surface area contributed by atoms with Crippen LogP contribution >= 0.6 is 17.0 Å². The topological polar surface area (TPSA) is 9.34 Å². The molecule has 2 nitrogen and oxygen atoms in total. The Morgan fingerprint density at radius 3 is 2.27 bits per heavy atom. The third-order valence-corrected chi connectivity index (χ3v) is 3.93. The predicted octanol–water partition coefficient (Wildman–Crippen LogP) is 5.32. The van der Waals surface area contributed by atoms with Gasteiger partial charge in [0.2, 0.25) is 0 Å². The van der Waals surface area contributed by atoms with Gasteiger partial charge in [-0.3, -0.25) is 0 Å². The Morgan fingerprint density at radius 2 is 1.55 bits per heavy atom. The van der Waals surface area contributed by atoms with Gasteiger partial charge in [0, 0.05) is 18.3 Å². The summed E-state index contributed by atoms with van der Waals surface area (Å²) in [6, 6.07) is 21.2. The highest BCUT2D eigenvalue weighted by atomic mass is 79.9. The van der Waals surface area contributed by atoms with Crippen molar-refractivity contribution in [3.05, 3.63) is 79.5 Å². The number of allylic oxidation sites excluding steroid dienone is 1. The van der Waals surface area contributed by atoms with Crippen LogP contribution in [0.4, 0.5) is 0 Å². The van der Waals surface area contributed by atoms with Crippen molar-refractivity contribution in [2.45, 2.75) is 6.54 Å². The third-order valence-electron chi connectivity index (χ3n) is 3.93. The van der Waals surface area contributed by atoms with Gasteiger partial charge in [0.05, 0.1) is 11.0 Å². The summed E-state index contributed by atoms with van der Waals surface area (Å²) < 4.78 is 4.57. The summed E-state index contributed by atoms with van der Waals surface area (Å²) >= 11 is 0. The number of hydrogen-bond acceptors (Lipinski definition) is 0. The first-order valence-corrected chi connectivity index (χ1v) is 7.14. The number of hydrogen-bond donors (Lipinski definition) is 0. The molecule has 0 aliphatic heterocycles. The fourth-order valence-corrected chi connectivity index (χ4v) is 2.98. The Bertz CT molecular complexity index is 932. The monoisotopic (exact) mass is 352 g/mol. The maximum absolute atomic E-state index is 3.88. The van der Waals surface area contributed by atoms with E-state index >= 15 is 0 Å². The van der Waals surface area contributed by atoms with E-state index in [-0.39, 0.29) is 17.0 Å². The van der Waals surface area contributed by atoms with E-state index in [1.165, 1.54) is 27.8 Å². The first-order valence-electron chi connectivity index (χ1n) is 7.14. The number of halogens is 1. The molecule has 0 unspecified atom stereocenters. The molecule has 0 spiro atoms. The lowest BCUT2D eigenvalue weighted by atomic mass is 10.1. The summed E-state index contributed by atoms with van der Waals surface area (Å²) in [5.41, 5.74) is 6.17. The van der Waals surface area contributed by atoms with Gasteiger partial charge in [-0.15, -0.1) is 23.6 Å². The molecule has 4 rings (SSSR count). The lowest BCUT2D eigenvalue weighted by Crippen LogP contribution is -1.93. The van der Waals surface area contributed by atoms with Crippen molar-refractivity contribution >= 4 is 33.7 Å².